The second-order valence-corrected chi connectivity index (χ2v) is 5.58. The topological polar surface area (TPSA) is 42.0 Å². The van der Waals surface area contributed by atoms with E-state index in [1.54, 1.807) is 37.3 Å². The Balaban J connectivity index is 2.24. The molecule has 2 aromatic rings. The van der Waals surface area contributed by atoms with Gasteiger partial charge in [0.05, 0.1) is 15.7 Å². The van der Waals surface area contributed by atoms with Crippen LogP contribution in [0.1, 0.15) is 16.1 Å². The summed E-state index contributed by atoms with van der Waals surface area (Å²) in [4.78, 5) is 16.2. The molecule has 0 aliphatic rings. The molecule has 0 atom stereocenters. The Morgan fingerprint density at radius 2 is 1.84 bits per heavy atom. The van der Waals surface area contributed by atoms with Crippen molar-refractivity contribution in [3.63, 3.8) is 0 Å². The minimum atomic E-state index is -0.274. The number of aryl methyl sites for hydroxylation is 1. The lowest BCUT2D eigenvalue weighted by atomic mass is 10.2. The molecule has 0 fully saturated rings. The van der Waals surface area contributed by atoms with E-state index >= 15 is 0 Å². The van der Waals surface area contributed by atoms with Gasteiger partial charge in [-0.05, 0) is 37.3 Å². The van der Waals surface area contributed by atoms with Gasteiger partial charge in [0, 0.05) is 10.0 Å². The number of anilines is 1. The number of hydrogen-bond donors (Lipinski definition) is 1. The van der Waals surface area contributed by atoms with Crippen LogP contribution >= 0.6 is 39.1 Å². The van der Waals surface area contributed by atoms with Crippen molar-refractivity contribution in [2.75, 3.05) is 5.32 Å². The molecule has 0 bridgehead atoms. The fourth-order valence-electron chi connectivity index (χ4n) is 1.43. The smallest absolute Gasteiger partial charge is 0.256 e. The molecule has 0 saturated heterocycles. The van der Waals surface area contributed by atoms with Crippen molar-refractivity contribution in [2.45, 2.75) is 6.92 Å². The first-order chi connectivity index (χ1) is 8.97. The Kier molecular flexibility index (Phi) is 4.45. The molecule has 1 amide bonds. The number of amides is 1. The Morgan fingerprint density at radius 1 is 1.21 bits per heavy atom. The maximum Gasteiger partial charge on any atom is 0.256 e. The van der Waals surface area contributed by atoms with Crippen molar-refractivity contribution < 1.29 is 4.79 Å². The average Bonchev–Trinajstić information content (AvgIpc) is 2.36. The molecule has 1 aromatic carbocycles. The van der Waals surface area contributed by atoms with Crippen LogP contribution in [0.4, 0.5) is 5.82 Å². The molecule has 0 aliphatic carbocycles. The highest BCUT2D eigenvalue weighted by molar-refractivity contribution is 9.10. The lowest BCUT2D eigenvalue weighted by molar-refractivity contribution is 0.102. The van der Waals surface area contributed by atoms with Crippen LogP contribution in [0.5, 0.6) is 0 Å². The van der Waals surface area contributed by atoms with Gasteiger partial charge in [0.15, 0.2) is 5.82 Å². The van der Waals surface area contributed by atoms with E-state index in [4.69, 9.17) is 23.2 Å². The van der Waals surface area contributed by atoms with Crippen LogP contribution in [0.3, 0.4) is 0 Å². The van der Waals surface area contributed by atoms with E-state index in [9.17, 15) is 4.79 Å². The summed E-state index contributed by atoms with van der Waals surface area (Å²) in [6.45, 7) is 1.74. The maximum atomic E-state index is 12.0. The molecular formula is C13H9BrCl2N2O. The Labute approximate surface area is 129 Å². The highest BCUT2D eigenvalue weighted by Crippen LogP contribution is 2.26. The van der Waals surface area contributed by atoms with Crippen LogP contribution in [0.2, 0.25) is 10.0 Å². The predicted molar refractivity (Wildman–Crippen MR) is 81.1 cm³/mol. The van der Waals surface area contributed by atoms with Crippen molar-refractivity contribution in [3.05, 3.63) is 56.1 Å². The van der Waals surface area contributed by atoms with Crippen LogP contribution in [0, 0.1) is 6.92 Å². The van der Waals surface area contributed by atoms with Crippen molar-refractivity contribution >= 4 is 50.9 Å². The summed E-state index contributed by atoms with van der Waals surface area (Å²) in [6.07, 6.45) is 0. The van der Waals surface area contributed by atoms with E-state index in [1.807, 2.05) is 0 Å². The normalized spacial score (nSPS) is 10.3. The highest BCUT2D eigenvalue weighted by atomic mass is 79.9. The molecule has 2 rings (SSSR count). The average molecular weight is 360 g/mol. The summed E-state index contributed by atoms with van der Waals surface area (Å²) in [5.74, 6) is 0.0279. The fraction of sp³-hybridized carbons (Fsp3) is 0.0769. The zero-order chi connectivity index (χ0) is 14.0. The van der Waals surface area contributed by atoms with Crippen LogP contribution in [-0.4, -0.2) is 10.9 Å². The van der Waals surface area contributed by atoms with Crippen molar-refractivity contribution in [2.24, 2.45) is 0 Å². The quantitative estimate of drug-likeness (QED) is 0.843. The lowest BCUT2D eigenvalue weighted by Crippen LogP contribution is -2.13. The number of carbonyl (C=O) groups is 1. The minimum absolute atomic E-state index is 0.274. The second kappa shape index (κ2) is 5.90. The summed E-state index contributed by atoms with van der Waals surface area (Å²) in [7, 11) is 0. The molecule has 1 heterocycles. The lowest BCUT2D eigenvalue weighted by Gasteiger charge is -2.08. The molecular weight excluding hydrogens is 351 g/mol. The highest BCUT2D eigenvalue weighted by Gasteiger charge is 2.11. The number of nitrogens with zero attached hydrogens (tertiary/aromatic N) is 1. The molecule has 3 nitrogen and oxygen atoms in total. The van der Waals surface area contributed by atoms with Gasteiger partial charge in [-0.3, -0.25) is 4.79 Å². The van der Waals surface area contributed by atoms with E-state index in [0.717, 1.165) is 4.47 Å². The van der Waals surface area contributed by atoms with Crippen LogP contribution < -0.4 is 5.32 Å². The fourth-order valence-corrected chi connectivity index (χ4v) is 2.10. The van der Waals surface area contributed by atoms with Crippen molar-refractivity contribution in [1.82, 2.24) is 4.98 Å². The van der Waals surface area contributed by atoms with Gasteiger partial charge >= 0.3 is 0 Å². The van der Waals surface area contributed by atoms with E-state index in [1.165, 1.54) is 0 Å². The van der Waals surface area contributed by atoms with Gasteiger partial charge in [-0.1, -0.05) is 39.1 Å². The van der Waals surface area contributed by atoms with E-state index < -0.39 is 0 Å². The van der Waals surface area contributed by atoms with Crippen molar-refractivity contribution in [3.8, 4) is 0 Å². The molecule has 98 valence electrons. The first-order valence-electron chi connectivity index (χ1n) is 5.37. The summed E-state index contributed by atoms with van der Waals surface area (Å²) in [5, 5.41) is 3.43. The number of carbonyl (C=O) groups excluding carboxylic acids is 1. The van der Waals surface area contributed by atoms with Crippen molar-refractivity contribution in [1.29, 1.82) is 0 Å². The largest absolute Gasteiger partial charge is 0.305 e. The summed E-state index contributed by atoms with van der Waals surface area (Å²) in [6, 6.07) is 8.54. The number of pyridine rings is 1. The Morgan fingerprint density at radius 3 is 2.47 bits per heavy atom. The maximum absolute atomic E-state index is 12.0. The zero-order valence-electron chi connectivity index (χ0n) is 9.88. The molecule has 0 unspecified atom stereocenters. The monoisotopic (exact) mass is 358 g/mol. The summed E-state index contributed by atoms with van der Waals surface area (Å²) < 4.78 is 0.905. The van der Waals surface area contributed by atoms with E-state index in [0.29, 0.717) is 27.1 Å². The van der Waals surface area contributed by atoms with Gasteiger partial charge in [0.25, 0.3) is 5.91 Å². The van der Waals surface area contributed by atoms with Gasteiger partial charge in [-0.15, -0.1) is 0 Å². The molecule has 0 spiro atoms. The van der Waals surface area contributed by atoms with Crippen LogP contribution in [0.15, 0.2) is 34.8 Å². The molecule has 0 aliphatic heterocycles. The third-order valence-corrected chi connectivity index (χ3v) is 3.64. The number of halogens is 3. The molecule has 0 radical (unpaired) electrons. The van der Waals surface area contributed by atoms with Crippen LogP contribution in [0.25, 0.3) is 0 Å². The van der Waals surface area contributed by atoms with E-state index in [2.05, 4.69) is 26.2 Å². The molecule has 1 N–H and O–H groups in total. The zero-order valence-corrected chi connectivity index (χ0v) is 13.0. The first kappa shape index (κ1) is 14.3. The van der Waals surface area contributed by atoms with Gasteiger partial charge in [-0.2, -0.15) is 0 Å². The standard InChI is InChI=1S/C13H9BrCl2N2O/c1-7-10(15)6-11(16)12(17-7)18-13(19)8-2-4-9(14)5-3-8/h2-6H,1H3,(H,17,18,19). The SMILES string of the molecule is Cc1nc(NC(=O)c2ccc(Br)cc2)c(Cl)cc1Cl. The number of benzene rings is 1. The summed E-state index contributed by atoms with van der Waals surface area (Å²) in [5.41, 5.74) is 1.13. The van der Waals surface area contributed by atoms with Gasteiger partial charge in [0.2, 0.25) is 0 Å². The van der Waals surface area contributed by atoms with Gasteiger partial charge in [0.1, 0.15) is 0 Å². The van der Waals surface area contributed by atoms with Gasteiger partial charge in [-0.25, -0.2) is 4.98 Å². The third-order valence-electron chi connectivity index (χ3n) is 2.44. The number of hydrogen-bond acceptors (Lipinski definition) is 2. The summed E-state index contributed by atoms with van der Waals surface area (Å²) >= 11 is 15.2. The molecule has 6 heteroatoms. The molecule has 19 heavy (non-hydrogen) atoms. The molecule has 0 saturated carbocycles. The number of rotatable bonds is 2. The number of nitrogens with one attached hydrogen (secondary N) is 1. The third kappa shape index (κ3) is 3.47. The first-order valence-corrected chi connectivity index (χ1v) is 6.92. The Bertz CT molecular complexity index is 629. The second-order valence-electron chi connectivity index (χ2n) is 3.85. The van der Waals surface area contributed by atoms with E-state index in [-0.39, 0.29) is 5.91 Å². The molecule has 1 aromatic heterocycles. The minimum Gasteiger partial charge on any atom is -0.305 e. The Hall–Kier alpha value is -1.10. The van der Waals surface area contributed by atoms with Crippen LogP contribution in [-0.2, 0) is 0 Å². The predicted octanol–water partition coefficient (Wildman–Crippen LogP) is 4.71. The van der Waals surface area contributed by atoms with Gasteiger partial charge < -0.3 is 5.32 Å². The number of aromatic nitrogens is 1.